The Balaban J connectivity index is 1.56. The predicted octanol–water partition coefficient (Wildman–Crippen LogP) is 0.699. The molecule has 2 heterocycles. The first-order valence-electron chi connectivity index (χ1n) is 10.0. The minimum atomic E-state index is -0.302. The molecule has 158 valence electrons. The molecule has 1 aliphatic rings. The van der Waals surface area contributed by atoms with E-state index in [0.717, 1.165) is 12.8 Å². The largest absolute Gasteiger partial charge is 0.382 e. The van der Waals surface area contributed by atoms with Crippen LogP contribution in [0.25, 0.3) is 0 Å². The minimum Gasteiger partial charge on any atom is -0.382 e. The number of nitrogens with one attached hydrogen (secondary N) is 3. The molecule has 2 amide bonds. The smallest absolute Gasteiger partial charge is 0.269 e. The summed E-state index contributed by atoms with van der Waals surface area (Å²) in [6.45, 7) is 3.79. The van der Waals surface area contributed by atoms with Crippen LogP contribution in [0, 0.1) is 5.92 Å². The SMILES string of the molecule is CCCO[C@@H]1CC[C@H](C(=O)NCCn2cccn2)C[C@H]1NC(=O)c1cc(N)n[nH]1. The molecule has 1 fully saturated rings. The zero-order valence-corrected chi connectivity index (χ0v) is 16.6. The van der Waals surface area contributed by atoms with E-state index in [4.69, 9.17) is 10.5 Å². The zero-order valence-electron chi connectivity index (χ0n) is 16.6. The molecule has 29 heavy (non-hydrogen) atoms. The van der Waals surface area contributed by atoms with Crippen LogP contribution in [0.15, 0.2) is 24.5 Å². The zero-order chi connectivity index (χ0) is 20.6. The third-order valence-electron chi connectivity index (χ3n) is 5.05. The van der Waals surface area contributed by atoms with Gasteiger partial charge in [0.25, 0.3) is 5.91 Å². The number of carbonyl (C=O) groups excluding carboxylic acids is 2. The van der Waals surface area contributed by atoms with E-state index in [9.17, 15) is 9.59 Å². The number of anilines is 1. The molecule has 0 radical (unpaired) electrons. The topological polar surface area (TPSA) is 140 Å². The number of hydrogen-bond donors (Lipinski definition) is 4. The first-order chi connectivity index (χ1) is 14.1. The van der Waals surface area contributed by atoms with Crippen LogP contribution in [0.5, 0.6) is 0 Å². The van der Waals surface area contributed by atoms with Crippen molar-refractivity contribution in [2.24, 2.45) is 5.92 Å². The standard InChI is InChI=1S/C19H29N7O3/c1-2-10-29-16-5-4-13(18(27)21-7-9-26-8-3-6-22-26)11-14(16)23-19(28)15-12-17(20)25-24-15/h3,6,8,12-14,16H,2,4-5,7,9-11H2,1H3,(H,21,27)(H,23,28)(H3,20,24,25)/t13-,14+,16+/m0/s1. The van der Waals surface area contributed by atoms with Gasteiger partial charge in [0.2, 0.25) is 5.91 Å². The fraction of sp³-hybridized carbons (Fsp3) is 0.579. The minimum absolute atomic E-state index is 0.00358. The lowest BCUT2D eigenvalue weighted by Crippen LogP contribution is -2.50. The number of nitrogens with zero attached hydrogens (tertiary/aromatic N) is 3. The summed E-state index contributed by atoms with van der Waals surface area (Å²) in [6, 6.07) is 3.08. The Labute approximate surface area is 169 Å². The number of rotatable bonds is 9. The Morgan fingerprint density at radius 2 is 2.28 bits per heavy atom. The van der Waals surface area contributed by atoms with Crippen LogP contribution >= 0.6 is 0 Å². The van der Waals surface area contributed by atoms with Gasteiger partial charge in [0.05, 0.1) is 18.7 Å². The quantitative estimate of drug-likeness (QED) is 0.486. The molecule has 0 unspecified atom stereocenters. The van der Waals surface area contributed by atoms with Crippen molar-refractivity contribution in [2.45, 2.75) is 51.3 Å². The molecule has 10 heteroatoms. The number of nitrogens with two attached hydrogens (primary N) is 1. The van der Waals surface area contributed by atoms with E-state index in [1.54, 1.807) is 10.9 Å². The normalized spacial score (nSPS) is 21.6. The van der Waals surface area contributed by atoms with Crippen LogP contribution in [0.2, 0.25) is 0 Å². The van der Waals surface area contributed by atoms with Gasteiger partial charge in [-0.3, -0.25) is 19.4 Å². The van der Waals surface area contributed by atoms with Gasteiger partial charge in [-0.15, -0.1) is 0 Å². The lowest BCUT2D eigenvalue weighted by molar-refractivity contribution is -0.127. The number of aromatic nitrogens is 4. The van der Waals surface area contributed by atoms with Gasteiger partial charge in [0, 0.05) is 37.5 Å². The highest BCUT2D eigenvalue weighted by Crippen LogP contribution is 2.27. The van der Waals surface area contributed by atoms with Crippen LogP contribution in [-0.2, 0) is 16.1 Å². The highest BCUT2D eigenvalue weighted by atomic mass is 16.5. The molecule has 0 bridgehead atoms. The van der Waals surface area contributed by atoms with Crippen molar-refractivity contribution in [1.29, 1.82) is 0 Å². The molecule has 10 nitrogen and oxygen atoms in total. The van der Waals surface area contributed by atoms with Crippen LogP contribution in [-0.4, -0.2) is 57.1 Å². The Bertz CT molecular complexity index is 790. The molecule has 0 saturated heterocycles. The third kappa shape index (κ3) is 5.80. The Morgan fingerprint density at radius 3 is 2.97 bits per heavy atom. The van der Waals surface area contributed by atoms with E-state index in [0.29, 0.717) is 38.2 Å². The molecule has 3 rings (SSSR count). The molecule has 0 spiro atoms. The van der Waals surface area contributed by atoms with E-state index >= 15 is 0 Å². The number of ether oxygens (including phenoxy) is 1. The number of nitrogen functional groups attached to an aromatic ring is 1. The van der Waals surface area contributed by atoms with Gasteiger partial charge in [-0.1, -0.05) is 6.92 Å². The van der Waals surface area contributed by atoms with Crippen molar-refractivity contribution >= 4 is 17.6 Å². The van der Waals surface area contributed by atoms with E-state index in [2.05, 4.69) is 25.9 Å². The fourth-order valence-corrected chi connectivity index (χ4v) is 3.57. The average molecular weight is 403 g/mol. The molecular weight excluding hydrogens is 374 g/mol. The van der Waals surface area contributed by atoms with Gasteiger partial charge in [-0.05, 0) is 31.7 Å². The lowest BCUT2D eigenvalue weighted by atomic mass is 9.83. The van der Waals surface area contributed by atoms with Gasteiger partial charge in [-0.2, -0.15) is 10.2 Å². The summed E-state index contributed by atoms with van der Waals surface area (Å²) >= 11 is 0. The first kappa shape index (κ1) is 20.8. The molecule has 2 aromatic rings. The van der Waals surface area contributed by atoms with Gasteiger partial charge in [-0.25, -0.2) is 0 Å². The van der Waals surface area contributed by atoms with Gasteiger partial charge >= 0.3 is 0 Å². The number of hydrogen-bond acceptors (Lipinski definition) is 6. The van der Waals surface area contributed by atoms with Crippen molar-refractivity contribution in [3.8, 4) is 0 Å². The maximum Gasteiger partial charge on any atom is 0.269 e. The maximum absolute atomic E-state index is 12.6. The van der Waals surface area contributed by atoms with Crippen LogP contribution in [0.1, 0.15) is 43.1 Å². The van der Waals surface area contributed by atoms with Crippen molar-refractivity contribution < 1.29 is 14.3 Å². The second kappa shape index (κ2) is 10.1. The van der Waals surface area contributed by atoms with Crippen molar-refractivity contribution in [3.05, 3.63) is 30.2 Å². The molecule has 1 saturated carbocycles. The second-order valence-electron chi connectivity index (χ2n) is 7.27. The number of amides is 2. The summed E-state index contributed by atoms with van der Waals surface area (Å²) in [6.07, 6.45) is 6.31. The molecular formula is C19H29N7O3. The van der Waals surface area contributed by atoms with Crippen LogP contribution < -0.4 is 16.4 Å². The van der Waals surface area contributed by atoms with E-state index in [1.807, 2.05) is 19.2 Å². The average Bonchev–Trinajstić information content (AvgIpc) is 3.38. The summed E-state index contributed by atoms with van der Waals surface area (Å²) < 4.78 is 7.71. The Hall–Kier alpha value is -2.88. The summed E-state index contributed by atoms with van der Waals surface area (Å²) in [5, 5.41) is 16.5. The van der Waals surface area contributed by atoms with E-state index < -0.39 is 0 Å². The molecule has 1 aliphatic carbocycles. The highest BCUT2D eigenvalue weighted by molar-refractivity contribution is 5.93. The van der Waals surface area contributed by atoms with Crippen molar-refractivity contribution in [2.75, 3.05) is 18.9 Å². The van der Waals surface area contributed by atoms with Crippen molar-refractivity contribution in [3.63, 3.8) is 0 Å². The third-order valence-corrected chi connectivity index (χ3v) is 5.05. The molecule has 5 N–H and O–H groups in total. The molecule has 0 aromatic carbocycles. The fourth-order valence-electron chi connectivity index (χ4n) is 3.57. The van der Waals surface area contributed by atoms with Gasteiger partial charge < -0.3 is 21.1 Å². The maximum atomic E-state index is 12.6. The van der Waals surface area contributed by atoms with Crippen LogP contribution in [0.4, 0.5) is 5.82 Å². The highest BCUT2D eigenvalue weighted by Gasteiger charge is 2.35. The van der Waals surface area contributed by atoms with E-state index in [1.165, 1.54) is 6.07 Å². The predicted molar refractivity (Wildman–Crippen MR) is 107 cm³/mol. The molecule has 0 aliphatic heterocycles. The Kier molecular flexibility index (Phi) is 7.23. The van der Waals surface area contributed by atoms with Crippen molar-refractivity contribution in [1.82, 2.24) is 30.6 Å². The summed E-state index contributed by atoms with van der Waals surface area (Å²) in [7, 11) is 0. The first-order valence-corrected chi connectivity index (χ1v) is 10.0. The molecule has 3 atom stereocenters. The summed E-state index contributed by atoms with van der Waals surface area (Å²) in [5.74, 6) is -0.224. The van der Waals surface area contributed by atoms with Gasteiger partial charge in [0.1, 0.15) is 11.5 Å². The number of carbonyl (C=O) groups is 2. The summed E-state index contributed by atoms with van der Waals surface area (Å²) in [4.78, 5) is 25.1. The second-order valence-corrected chi connectivity index (χ2v) is 7.27. The van der Waals surface area contributed by atoms with Gasteiger partial charge in [0.15, 0.2) is 0 Å². The Morgan fingerprint density at radius 1 is 1.41 bits per heavy atom. The molecule has 2 aromatic heterocycles. The number of H-pyrrole nitrogens is 1. The summed E-state index contributed by atoms with van der Waals surface area (Å²) in [5.41, 5.74) is 5.87. The lowest BCUT2D eigenvalue weighted by Gasteiger charge is -2.35. The van der Waals surface area contributed by atoms with Crippen LogP contribution in [0.3, 0.4) is 0 Å². The monoisotopic (exact) mass is 403 g/mol. The van der Waals surface area contributed by atoms with E-state index in [-0.39, 0.29) is 35.7 Å². The number of aromatic amines is 1.